The first kappa shape index (κ1) is 25.6. The number of amides is 1. The Labute approximate surface area is 214 Å². The van der Waals surface area contributed by atoms with Crippen LogP contribution in [0.4, 0.5) is 4.39 Å². The van der Waals surface area contributed by atoms with E-state index in [2.05, 4.69) is 43.0 Å². The van der Waals surface area contributed by atoms with Crippen molar-refractivity contribution >= 4 is 5.91 Å². The number of carbonyl (C=O) groups excluding carboxylic acids is 1. The van der Waals surface area contributed by atoms with Gasteiger partial charge in [-0.1, -0.05) is 80.6 Å². The average Bonchev–Trinajstić information content (AvgIpc) is 2.89. The van der Waals surface area contributed by atoms with Gasteiger partial charge < -0.3 is 9.64 Å². The first-order valence-electron chi connectivity index (χ1n) is 12.6. The number of rotatable bonds is 8. The Morgan fingerprint density at radius 3 is 2.28 bits per heavy atom. The Kier molecular flexibility index (Phi) is 8.55. The van der Waals surface area contributed by atoms with E-state index in [-0.39, 0.29) is 23.8 Å². The second-order valence-corrected chi connectivity index (χ2v) is 9.79. The molecule has 1 heterocycles. The highest BCUT2D eigenvalue weighted by atomic mass is 19.1. The van der Waals surface area contributed by atoms with Crippen LogP contribution in [0.15, 0.2) is 91.0 Å². The molecule has 0 fully saturated rings. The minimum atomic E-state index is -0.305. The van der Waals surface area contributed by atoms with Gasteiger partial charge in [-0.3, -0.25) is 9.69 Å². The molecule has 36 heavy (non-hydrogen) atoms. The number of halogens is 1. The van der Waals surface area contributed by atoms with Crippen LogP contribution in [0.25, 0.3) is 0 Å². The van der Waals surface area contributed by atoms with Crippen molar-refractivity contribution in [1.29, 1.82) is 0 Å². The molecular weight excluding hydrogens is 451 g/mol. The fraction of sp³-hybridized carbons (Fsp3) is 0.323. The molecule has 3 aromatic carbocycles. The largest absolute Gasteiger partial charge is 0.497 e. The van der Waals surface area contributed by atoms with E-state index >= 15 is 0 Å². The van der Waals surface area contributed by atoms with Crippen LogP contribution < -0.4 is 4.74 Å². The Morgan fingerprint density at radius 1 is 0.944 bits per heavy atom. The fourth-order valence-corrected chi connectivity index (χ4v) is 4.82. The Bertz CT molecular complexity index is 1140. The average molecular weight is 487 g/mol. The number of carbonyl (C=O) groups is 1. The van der Waals surface area contributed by atoms with Gasteiger partial charge >= 0.3 is 0 Å². The van der Waals surface area contributed by atoms with Crippen molar-refractivity contribution in [2.75, 3.05) is 20.2 Å². The van der Waals surface area contributed by atoms with Crippen molar-refractivity contribution in [2.24, 2.45) is 5.92 Å². The maximum absolute atomic E-state index is 14.4. The molecule has 0 radical (unpaired) electrons. The van der Waals surface area contributed by atoms with E-state index in [0.29, 0.717) is 25.4 Å². The lowest BCUT2D eigenvalue weighted by Crippen LogP contribution is -2.52. The zero-order valence-corrected chi connectivity index (χ0v) is 21.3. The van der Waals surface area contributed by atoms with E-state index in [1.165, 1.54) is 12.1 Å². The second-order valence-electron chi connectivity index (χ2n) is 9.79. The Hall–Kier alpha value is -3.44. The second kappa shape index (κ2) is 12.0. The number of methoxy groups -OCH3 is 1. The SMILES string of the molecule is COc1ccc([C@H]2/C=C\CN(CC(C)C)[C@@H](Cc3ccccc3)C(=O)N2Cc2ccc(F)cc2)cc1. The monoisotopic (exact) mass is 486 g/mol. The molecule has 1 amide bonds. The van der Waals surface area contributed by atoms with E-state index in [9.17, 15) is 9.18 Å². The Morgan fingerprint density at radius 2 is 1.64 bits per heavy atom. The summed E-state index contributed by atoms with van der Waals surface area (Å²) < 4.78 is 19.0. The minimum Gasteiger partial charge on any atom is -0.497 e. The summed E-state index contributed by atoms with van der Waals surface area (Å²) in [6.45, 7) is 6.29. The summed E-state index contributed by atoms with van der Waals surface area (Å²) in [5.74, 6) is 0.991. The molecule has 0 spiro atoms. The molecule has 0 saturated heterocycles. The third-order valence-electron chi connectivity index (χ3n) is 6.60. The van der Waals surface area contributed by atoms with Crippen molar-refractivity contribution in [3.8, 4) is 5.75 Å². The van der Waals surface area contributed by atoms with Gasteiger partial charge in [0.1, 0.15) is 11.6 Å². The highest BCUT2D eigenvalue weighted by molar-refractivity contribution is 5.83. The van der Waals surface area contributed by atoms with Crippen LogP contribution in [0.5, 0.6) is 5.75 Å². The summed E-state index contributed by atoms with van der Waals surface area (Å²) in [5, 5.41) is 0. The quantitative estimate of drug-likeness (QED) is 0.364. The van der Waals surface area contributed by atoms with Crippen molar-refractivity contribution in [3.05, 3.63) is 114 Å². The molecule has 4 nitrogen and oxygen atoms in total. The van der Waals surface area contributed by atoms with E-state index in [1.54, 1.807) is 19.2 Å². The van der Waals surface area contributed by atoms with E-state index in [4.69, 9.17) is 4.74 Å². The molecule has 0 aromatic heterocycles. The number of nitrogens with zero attached hydrogens (tertiary/aromatic N) is 2. The summed E-state index contributed by atoms with van der Waals surface area (Å²) in [6, 6.07) is 24.0. The summed E-state index contributed by atoms with van der Waals surface area (Å²) in [5.41, 5.74) is 3.04. The maximum Gasteiger partial charge on any atom is 0.241 e. The van der Waals surface area contributed by atoms with Crippen LogP contribution in [0.3, 0.4) is 0 Å². The lowest BCUT2D eigenvalue weighted by molar-refractivity contribution is -0.139. The fourth-order valence-electron chi connectivity index (χ4n) is 4.82. The number of benzene rings is 3. The van der Waals surface area contributed by atoms with Crippen LogP contribution in [0.1, 0.15) is 36.6 Å². The van der Waals surface area contributed by atoms with Gasteiger partial charge in [-0.15, -0.1) is 0 Å². The van der Waals surface area contributed by atoms with Crippen molar-refractivity contribution in [2.45, 2.75) is 38.9 Å². The topological polar surface area (TPSA) is 32.8 Å². The summed E-state index contributed by atoms with van der Waals surface area (Å²) in [7, 11) is 1.65. The van der Waals surface area contributed by atoms with E-state index < -0.39 is 0 Å². The first-order valence-corrected chi connectivity index (χ1v) is 12.6. The number of hydrogen-bond acceptors (Lipinski definition) is 3. The third kappa shape index (κ3) is 6.41. The highest BCUT2D eigenvalue weighted by Crippen LogP contribution is 2.30. The predicted molar refractivity (Wildman–Crippen MR) is 142 cm³/mol. The third-order valence-corrected chi connectivity index (χ3v) is 6.60. The van der Waals surface area contributed by atoms with Crippen molar-refractivity contribution < 1.29 is 13.9 Å². The molecule has 5 heteroatoms. The van der Waals surface area contributed by atoms with Crippen molar-refractivity contribution in [1.82, 2.24) is 9.80 Å². The van der Waals surface area contributed by atoms with Gasteiger partial charge in [0, 0.05) is 19.6 Å². The van der Waals surface area contributed by atoms with Gasteiger partial charge in [0.25, 0.3) is 0 Å². The smallest absolute Gasteiger partial charge is 0.241 e. The summed E-state index contributed by atoms with van der Waals surface area (Å²) >= 11 is 0. The number of hydrogen-bond donors (Lipinski definition) is 0. The number of ether oxygens (including phenoxy) is 1. The molecule has 3 aromatic rings. The zero-order chi connectivity index (χ0) is 25.5. The van der Waals surface area contributed by atoms with Gasteiger partial charge in [-0.05, 0) is 53.3 Å². The molecule has 0 aliphatic carbocycles. The van der Waals surface area contributed by atoms with Gasteiger partial charge in [-0.2, -0.15) is 0 Å². The van der Waals surface area contributed by atoms with Crippen LogP contribution in [0.2, 0.25) is 0 Å². The minimum absolute atomic E-state index is 0.0778. The van der Waals surface area contributed by atoms with Crippen LogP contribution >= 0.6 is 0 Å². The van der Waals surface area contributed by atoms with Crippen LogP contribution in [0, 0.1) is 11.7 Å². The van der Waals surface area contributed by atoms with Crippen LogP contribution in [-0.4, -0.2) is 41.9 Å². The molecule has 4 rings (SSSR count). The van der Waals surface area contributed by atoms with E-state index in [0.717, 1.165) is 29.0 Å². The molecule has 0 unspecified atom stereocenters. The normalized spacial score (nSPS) is 19.7. The molecular formula is C31H35FN2O2. The first-order chi connectivity index (χ1) is 17.4. The standard InChI is InChI=1S/C31H35FN2O2/c1-23(2)21-33-19-7-10-29(26-13-17-28(36-3)18-14-26)34(22-25-11-15-27(32)16-12-25)31(35)30(33)20-24-8-5-4-6-9-24/h4-18,23,29-30H,19-22H2,1-3H3/b10-7-/t29-,30+/m1/s1. The highest BCUT2D eigenvalue weighted by Gasteiger charge is 2.35. The van der Waals surface area contributed by atoms with Gasteiger partial charge in [0.2, 0.25) is 5.91 Å². The summed E-state index contributed by atoms with van der Waals surface area (Å²) in [4.78, 5) is 18.7. The Balaban J connectivity index is 1.76. The van der Waals surface area contributed by atoms with Gasteiger partial charge in [-0.25, -0.2) is 4.39 Å². The van der Waals surface area contributed by atoms with Crippen LogP contribution in [-0.2, 0) is 17.8 Å². The molecule has 1 aliphatic heterocycles. The molecule has 0 saturated carbocycles. The van der Waals surface area contributed by atoms with Crippen molar-refractivity contribution in [3.63, 3.8) is 0 Å². The molecule has 1 aliphatic rings. The lowest BCUT2D eigenvalue weighted by atomic mass is 9.96. The summed E-state index contributed by atoms with van der Waals surface area (Å²) in [6.07, 6.45) is 4.93. The molecule has 188 valence electrons. The maximum atomic E-state index is 14.4. The van der Waals surface area contributed by atoms with Gasteiger partial charge in [0.05, 0.1) is 19.2 Å². The molecule has 2 atom stereocenters. The van der Waals surface area contributed by atoms with E-state index in [1.807, 2.05) is 47.4 Å². The predicted octanol–water partition coefficient (Wildman–Crippen LogP) is 6.04. The molecule has 0 bridgehead atoms. The molecule has 0 N–H and O–H groups in total. The van der Waals surface area contributed by atoms with Gasteiger partial charge in [0.15, 0.2) is 0 Å². The lowest BCUT2D eigenvalue weighted by Gasteiger charge is -2.40. The zero-order valence-electron chi connectivity index (χ0n) is 21.3.